The molecule has 0 aliphatic carbocycles. The van der Waals surface area contributed by atoms with Gasteiger partial charge in [0.25, 0.3) is 0 Å². The Bertz CT molecular complexity index is 785. The van der Waals surface area contributed by atoms with Gasteiger partial charge in [0.15, 0.2) is 6.23 Å². The van der Waals surface area contributed by atoms with Gasteiger partial charge < -0.3 is 20.3 Å². The van der Waals surface area contributed by atoms with Gasteiger partial charge in [-0.3, -0.25) is 9.69 Å². The number of hydrogen-bond acceptors (Lipinski definition) is 7. The average Bonchev–Trinajstić information content (AvgIpc) is 2.66. The number of aliphatic hydroxyl groups excluding tert-OH is 1. The average molecular weight is 359 g/mol. The van der Waals surface area contributed by atoms with Crippen molar-refractivity contribution in [3.63, 3.8) is 0 Å². The minimum atomic E-state index is -0.614. The van der Waals surface area contributed by atoms with Gasteiger partial charge in [-0.05, 0) is 31.9 Å². The first-order valence-corrected chi connectivity index (χ1v) is 8.50. The monoisotopic (exact) mass is 359 g/mol. The molecule has 0 bridgehead atoms. The fraction of sp³-hybridized carbons (Fsp3) is 0.444. The van der Waals surface area contributed by atoms with E-state index in [2.05, 4.69) is 9.97 Å². The third-order valence-electron chi connectivity index (χ3n) is 4.61. The maximum absolute atomic E-state index is 11.9. The number of rotatable bonds is 6. The number of piperidine rings is 1. The van der Waals surface area contributed by atoms with Gasteiger partial charge in [0, 0.05) is 25.1 Å². The van der Waals surface area contributed by atoms with Crippen LogP contribution < -0.4 is 15.2 Å². The quantitative estimate of drug-likeness (QED) is 0.782. The smallest absolute Gasteiger partial charge is 0.235 e. The van der Waals surface area contributed by atoms with Crippen molar-refractivity contribution in [3.05, 3.63) is 30.8 Å². The Balaban J connectivity index is 1.80. The summed E-state index contributed by atoms with van der Waals surface area (Å²) in [6.45, 7) is 2.31. The predicted molar refractivity (Wildman–Crippen MR) is 95.4 cm³/mol. The van der Waals surface area contributed by atoms with E-state index < -0.39 is 18.2 Å². The summed E-state index contributed by atoms with van der Waals surface area (Å²) in [6.07, 6.45) is 3.77. The van der Waals surface area contributed by atoms with Crippen molar-refractivity contribution < 1.29 is 19.4 Å². The normalized spacial score (nSPS) is 22.1. The molecule has 8 nitrogen and oxygen atoms in total. The molecule has 1 aromatic carbocycles. The van der Waals surface area contributed by atoms with Crippen LogP contribution in [0.25, 0.3) is 11.0 Å². The third-order valence-corrected chi connectivity index (χ3v) is 4.61. The van der Waals surface area contributed by atoms with Crippen LogP contribution in [0.4, 0.5) is 0 Å². The van der Waals surface area contributed by atoms with Crippen LogP contribution in [0.5, 0.6) is 11.6 Å². The number of likely N-dealkylation sites (tertiary alicyclic amines) is 1. The summed E-state index contributed by atoms with van der Waals surface area (Å²) in [4.78, 5) is 22.5. The van der Waals surface area contributed by atoms with Crippen LogP contribution in [0.2, 0.25) is 0 Å². The summed E-state index contributed by atoms with van der Waals surface area (Å²) in [6, 6.07) is 4.81. The third kappa shape index (κ3) is 3.71. The van der Waals surface area contributed by atoms with Gasteiger partial charge in [0.1, 0.15) is 5.75 Å². The van der Waals surface area contributed by atoms with E-state index in [4.69, 9.17) is 15.2 Å². The van der Waals surface area contributed by atoms with Gasteiger partial charge in [0.05, 0.1) is 30.4 Å². The number of carbonyl (C=O) groups is 1. The summed E-state index contributed by atoms with van der Waals surface area (Å²) >= 11 is 0. The standard InChI is InChI=1S/C18H23N4O4/c1-11(22-7-3-4-12(10-23)17(22)18(19)24)26-16-9-20-14-6-5-13(25-2)8-15(14)21-16/h4-6,8-9,11-12,17,23H,3,7,10H2,1-2H3,(H2,19,24). The molecule has 2 heterocycles. The zero-order valence-corrected chi connectivity index (χ0v) is 14.8. The van der Waals surface area contributed by atoms with E-state index in [0.29, 0.717) is 23.7 Å². The Morgan fingerprint density at radius 1 is 1.46 bits per heavy atom. The lowest BCUT2D eigenvalue weighted by atomic mass is 9.89. The van der Waals surface area contributed by atoms with E-state index >= 15 is 0 Å². The minimum absolute atomic E-state index is 0.133. The van der Waals surface area contributed by atoms with Gasteiger partial charge >= 0.3 is 0 Å². The number of nitrogens with zero attached hydrogens (tertiary/aromatic N) is 3. The fourth-order valence-corrected chi connectivity index (χ4v) is 3.31. The second-order valence-electron chi connectivity index (χ2n) is 6.24. The van der Waals surface area contributed by atoms with E-state index in [-0.39, 0.29) is 12.5 Å². The molecule has 0 saturated carbocycles. The second kappa shape index (κ2) is 7.84. The highest BCUT2D eigenvalue weighted by Gasteiger charge is 2.38. The number of aromatic nitrogens is 2. The van der Waals surface area contributed by atoms with Crippen LogP contribution in [-0.2, 0) is 4.79 Å². The molecule has 139 valence electrons. The highest BCUT2D eigenvalue weighted by Crippen LogP contribution is 2.26. The molecule has 2 aromatic rings. The number of amides is 1. The Labute approximate surface area is 151 Å². The molecule has 3 atom stereocenters. The molecule has 1 amide bonds. The lowest BCUT2D eigenvalue weighted by molar-refractivity contribution is -0.131. The lowest BCUT2D eigenvalue weighted by Crippen LogP contribution is -2.57. The molecular weight excluding hydrogens is 336 g/mol. The van der Waals surface area contributed by atoms with Gasteiger partial charge in [-0.1, -0.05) is 0 Å². The first-order chi connectivity index (χ1) is 12.5. The molecule has 1 aliphatic heterocycles. The second-order valence-corrected chi connectivity index (χ2v) is 6.24. The maximum Gasteiger partial charge on any atom is 0.235 e. The SMILES string of the molecule is COc1ccc2ncc(OC(C)N3CC[CH]C(CO)C3C(N)=O)nc2c1. The van der Waals surface area contributed by atoms with Gasteiger partial charge in [-0.25, -0.2) is 9.97 Å². The molecule has 26 heavy (non-hydrogen) atoms. The molecule has 1 aliphatic rings. The highest BCUT2D eigenvalue weighted by atomic mass is 16.5. The van der Waals surface area contributed by atoms with E-state index in [1.165, 1.54) is 0 Å². The van der Waals surface area contributed by atoms with Crippen molar-refractivity contribution in [2.75, 3.05) is 20.3 Å². The molecule has 3 N–H and O–H groups in total. The molecule has 1 saturated heterocycles. The number of aliphatic hydroxyl groups is 1. The number of nitrogens with two attached hydrogens (primary N) is 1. The molecule has 1 aromatic heterocycles. The zero-order valence-electron chi connectivity index (χ0n) is 14.8. The molecule has 3 unspecified atom stereocenters. The topological polar surface area (TPSA) is 111 Å². The van der Waals surface area contributed by atoms with E-state index in [1.54, 1.807) is 19.4 Å². The number of fused-ring (bicyclic) bond motifs is 1. The first-order valence-electron chi connectivity index (χ1n) is 8.50. The predicted octanol–water partition coefficient (Wildman–Crippen LogP) is 0.736. The minimum Gasteiger partial charge on any atom is -0.497 e. The van der Waals surface area contributed by atoms with Crippen molar-refractivity contribution in [3.8, 4) is 11.6 Å². The van der Waals surface area contributed by atoms with Gasteiger partial charge in [-0.2, -0.15) is 0 Å². The summed E-state index contributed by atoms with van der Waals surface area (Å²) in [5, 5.41) is 9.53. The fourth-order valence-electron chi connectivity index (χ4n) is 3.31. The van der Waals surface area contributed by atoms with Crippen molar-refractivity contribution in [2.45, 2.75) is 25.6 Å². The number of ether oxygens (including phenoxy) is 2. The molecule has 0 spiro atoms. The van der Waals surface area contributed by atoms with Crippen LogP contribution in [-0.4, -0.2) is 58.4 Å². The first kappa shape index (κ1) is 18.3. The molecule has 3 rings (SSSR count). The number of methoxy groups -OCH3 is 1. The molecule has 8 heteroatoms. The summed E-state index contributed by atoms with van der Waals surface area (Å²) in [7, 11) is 1.59. The summed E-state index contributed by atoms with van der Waals surface area (Å²) < 4.78 is 11.1. The Hall–Kier alpha value is -2.45. The van der Waals surface area contributed by atoms with Gasteiger partial charge in [0.2, 0.25) is 11.8 Å². The number of benzene rings is 1. The molecular formula is C18H23N4O4. The van der Waals surface area contributed by atoms with Crippen LogP contribution in [0.15, 0.2) is 24.4 Å². The van der Waals surface area contributed by atoms with Crippen LogP contribution in [0, 0.1) is 12.3 Å². The van der Waals surface area contributed by atoms with Crippen molar-refractivity contribution in [1.82, 2.24) is 14.9 Å². The Kier molecular flexibility index (Phi) is 5.53. The zero-order chi connectivity index (χ0) is 18.7. The van der Waals surface area contributed by atoms with Crippen LogP contribution in [0.1, 0.15) is 13.3 Å². The summed E-state index contributed by atoms with van der Waals surface area (Å²) in [5.74, 6) is 0.240. The van der Waals surface area contributed by atoms with Crippen LogP contribution in [0.3, 0.4) is 0 Å². The van der Waals surface area contributed by atoms with E-state index in [0.717, 1.165) is 11.9 Å². The molecule has 1 fully saturated rings. The maximum atomic E-state index is 11.9. The van der Waals surface area contributed by atoms with Crippen molar-refractivity contribution in [2.24, 2.45) is 11.7 Å². The highest BCUT2D eigenvalue weighted by molar-refractivity contribution is 5.80. The number of carbonyl (C=O) groups excluding carboxylic acids is 1. The lowest BCUT2D eigenvalue weighted by Gasteiger charge is -2.41. The van der Waals surface area contributed by atoms with Crippen LogP contribution >= 0.6 is 0 Å². The van der Waals surface area contributed by atoms with Crippen molar-refractivity contribution >= 4 is 16.9 Å². The van der Waals surface area contributed by atoms with Crippen molar-refractivity contribution in [1.29, 1.82) is 0 Å². The number of hydrogen-bond donors (Lipinski definition) is 2. The Morgan fingerprint density at radius 3 is 2.96 bits per heavy atom. The number of primary amides is 1. The van der Waals surface area contributed by atoms with E-state index in [1.807, 2.05) is 30.4 Å². The van der Waals surface area contributed by atoms with E-state index in [9.17, 15) is 9.90 Å². The summed E-state index contributed by atoms with van der Waals surface area (Å²) in [5.41, 5.74) is 6.94. The van der Waals surface area contributed by atoms with Gasteiger partial charge in [-0.15, -0.1) is 0 Å². The largest absolute Gasteiger partial charge is 0.497 e. The Morgan fingerprint density at radius 2 is 2.27 bits per heavy atom. The molecule has 1 radical (unpaired) electrons.